The Morgan fingerprint density at radius 2 is 1.84 bits per heavy atom. The second-order valence-corrected chi connectivity index (χ2v) is 7.55. The van der Waals surface area contributed by atoms with Crippen LogP contribution in [0.2, 0.25) is 5.02 Å². The summed E-state index contributed by atoms with van der Waals surface area (Å²) in [7, 11) is -2.57. The summed E-state index contributed by atoms with van der Waals surface area (Å²) < 4.78 is 32.0. The van der Waals surface area contributed by atoms with Crippen LogP contribution in [0.5, 0.6) is 5.75 Å². The zero-order valence-electron chi connectivity index (χ0n) is 13.9. The van der Waals surface area contributed by atoms with Gasteiger partial charge in [0, 0.05) is 11.6 Å². The van der Waals surface area contributed by atoms with Crippen LogP contribution in [0.15, 0.2) is 47.4 Å². The Morgan fingerprint density at radius 1 is 1.16 bits per heavy atom. The fourth-order valence-electron chi connectivity index (χ4n) is 2.07. The van der Waals surface area contributed by atoms with E-state index >= 15 is 0 Å². The van der Waals surface area contributed by atoms with Crippen LogP contribution in [0.1, 0.15) is 11.1 Å². The van der Waals surface area contributed by atoms with Crippen molar-refractivity contribution >= 4 is 27.5 Å². The number of benzene rings is 2. The quantitative estimate of drug-likeness (QED) is 0.769. The lowest BCUT2D eigenvalue weighted by molar-refractivity contribution is -0.120. The van der Waals surface area contributed by atoms with Crippen molar-refractivity contribution in [3.8, 4) is 5.75 Å². The number of rotatable bonds is 7. The zero-order chi connectivity index (χ0) is 18.4. The molecule has 0 saturated carbocycles. The minimum Gasteiger partial charge on any atom is -0.495 e. The molecule has 2 aromatic rings. The number of aryl methyl sites for hydroxylation is 1. The first kappa shape index (κ1) is 19.2. The molecule has 0 radical (unpaired) electrons. The molecule has 0 aliphatic heterocycles. The first-order valence-corrected chi connectivity index (χ1v) is 9.33. The molecule has 6 nitrogen and oxygen atoms in total. The standard InChI is InChI=1S/C17H19ClN2O4S/c1-12-3-5-13(6-4-12)10-19-17(21)11-20-25(22,23)16-9-14(18)7-8-15(16)24-2/h3-9,20H,10-11H2,1-2H3,(H,19,21). The largest absolute Gasteiger partial charge is 0.495 e. The van der Waals surface area contributed by atoms with Crippen molar-refractivity contribution in [2.75, 3.05) is 13.7 Å². The Labute approximate surface area is 152 Å². The van der Waals surface area contributed by atoms with Crippen molar-refractivity contribution in [1.29, 1.82) is 0 Å². The van der Waals surface area contributed by atoms with Gasteiger partial charge in [-0.3, -0.25) is 4.79 Å². The molecular formula is C17H19ClN2O4S. The van der Waals surface area contributed by atoms with Crippen LogP contribution in [0, 0.1) is 6.92 Å². The van der Waals surface area contributed by atoms with Gasteiger partial charge in [0.2, 0.25) is 15.9 Å². The maximum atomic E-state index is 12.4. The third-order valence-corrected chi connectivity index (χ3v) is 5.11. The molecule has 0 aliphatic rings. The molecule has 8 heteroatoms. The fourth-order valence-corrected chi connectivity index (χ4v) is 3.48. The Hall–Kier alpha value is -2.09. The molecule has 25 heavy (non-hydrogen) atoms. The van der Waals surface area contributed by atoms with Gasteiger partial charge in [-0.05, 0) is 30.7 Å². The van der Waals surface area contributed by atoms with Crippen LogP contribution in [0.3, 0.4) is 0 Å². The van der Waals surface area contributed by atoms with E-state index in [0.29, 0.717) is 6.54 Å². The van der Waals surface area contributed by atoms with Gasteiger partial charge in [-0.15, -0.1) is 0 Å². The van der Waals surface area contributed by atoms with Crippen LogP contribution >= 0.6 is 11.6 Å². The summed E-state index contributed by atoms with van der Waals surface area (Å²) >= 11 is 5.84. The molecule has 0 saturated heterocycles. The van der Waals surface area contributed by atoms with Gasteiger partial charge >= 0.3 is 0 Å². The van der Waals surface area contributed by atoms with Gasteiger partial charge in [-0.2, -0.15) is 0 Å². The number of hydrogen-bond donors (Lipinski definition) is 2. The first-order valence-electron chi connectivity index (χ1n) is 7.47. The van der Waals surface area contributed by atoms with Crippen molar-refractivity contribution in [3.63, 3.8) is 0 Å². The van der Waals surface area contributed by atoms with Gasteiger partial charge in [0.05, 0.1) is 13.7 Å². The molecule has 0 unspecified atom stereocenters. The number of halogens is 1. The van der Waals surface area contributed by atoms with E-state index in [1.54, 1.807) is 0 Å². The minimum atomic E-state index is -3.93. The average Bonchev–Trinajstić information content (AvgIpc) is 2.59. The summed E-state index contributed by atoms with van der Waals surface area (Å²) in [6.45, 7) is 1.91. The lowest BCUT2D eigenvalue weighted by atomic mass is 10.1. The molecule has 0 aromatic heterocycles. The lowest BCUT2D eigenvalue weighted by Crippen LogP contribution is -2.36. The molecule has 0 bridgehead atoms. The molecule has 2 rings (SSSR count). The fraction of sp³-hybridized carbons (Fsp3) is 0.235. The minimum absolute atomic E-state index is 0.117. The van der Waals surface area contributed by atoms with E-state index < -0.39 is 15.9 Å². The normalized spacial score (nSPS) is 11.2. The highest BCUT2D eigenvalue weighted by Crippen LogP contribution is 2.26. The van der Waals surface area contributed by atoms with Crippen molar-refractivity contribution in [3.05, 3.63) is 58.6 Å². The molecule has 2 N–H and O–H groups in total. The van der Waals surface area contributed by atoms with Gasteiger partial charge in [0.15, 0.2) is 0 Å². The molecule has 0 atom stereocenters. The summed E-state index contributed by atoms with van der Waals surface area (Å²) in [4.78, 5) is 11.8. The Kier molecular flexibility index (Phi) is 6.41. The van der Waals surface area contributed by atoms with E-state index in [9.17, 15) is 13.2 Å². The molecule has 0 heterocycles. The third kappa shape index (κ3) is 5.45. The number of ether oxygens (including phenoxy) is 1. The highest BCUT2D eigenvalue weighted by Gasteiger charge is 2.20. The monoisotopic (exact) mass is 382 g/mol. The van der Waals surface area contributed by atoms with E-state index in [2.05, 4.69) is 10.0 Å². The van der Waals surface area contributed by atoms with Gasteiger partial charge in [0.25, 0.3) is 0 Å². The smallest absolute Gasteiger partial charge is 0.244 e. The third-order valence-electron chi connectivity index (χ3n) is 3.45. The summed E-state index contributed by atoms with van der Waals surface area (Å²) in [5, 5.41) is 2.91. The Balaban J connectivity index is 1.96. The predicted octanol–water partition coefficient (Wildman–Crippen LogP) is 2.25. The Morgan fingerprint density at radius 3 is 2.48 bits per heavy atom. The van der Waals surface area contributed by atoms with Gasteiger partial charge < -0.3 is 10.1 Å². The number of sulfonamides is 1. The van der Waals surface area contributed by atoms with Crippen LogP contribution in [0.4, 0.5) is 0 Å². The number of hydrogen-bond acceptors (Lipinski definition) is 4. The molecule has 0 spiro atoms. The second kappa shape index (κ2) is 8.33. The highest BCUT2D eigenvalue weighted by molar-refractivity contribution is 7.89. The Bertz CT molecular complexity index is 851. The maximum Gasteiger partial charge on any atom is 0.244 e. The van der Waals surface area contributed by atoms with E-state index in [0.717, 1.165) is 11.1 Å². The average molecular weight is 383 g/mol. The maximum absolute atomic E-state index is 12.4. The van der Waals surface area contributed by atoms with Gasteiger partial charge in [0.1, 0.15) is 10.6 Å². The van der Waals surface area contributed by atoms with E-state index in [-0.39, 0.29) is 22.2 Å². The summed E-state index contributed by atoms with van der Waals surface area (Å²) in [6.07, 6.45) is 0. The van der Waals surface area contributed by atoms with Crippen LogP contribution in [-0.2, 0) is 21.4 Å². The number of methoxy groups -OCH3 is 1. The number of carbonyl (C=O) groups excluding carboxylic acids is 1. The summed E-state index contributed by atoms with van der Waals surface area (Å²) in [6, 6.07) is 11.9. The molecule has 0 fully saturated rings. The van der Waals surface area contributed by atoms with Crippen LogP contribution < -0.4 is 14.8 Å². The lowest BCUT2D eigenvalue weighted by Gasteiger charge is -2.11. The topological polar surface area (TPSA) is 84.5 Å². The van der Waals surface area contributed by atoms with Crippen molar-refractivity contribution in [2.45, 2.75) is 18.4 Å². The molecule has 134 valence electrons. The molecular weight excluding hydrogens is 364 g/mol. The van der Waals surface area contributed by atoms with Crippen molar-refractivity contribution in [1.82, 2.24) is 10.0 Å². The van der Waals surface area contributed by atoms with Gasteiger partial charge in [-0.25, -0.2) is 13.1 Å². The van der Waals surface area contributed by atoms with Crippen LogP contribution in [-0.4, -0.2) is 28.0 Å². The van der Waals surface area contributed by atoms with E-state index in [1.165, 1.54) is 25.3 Å². The van der Waals surface area contributed by atoms with Crippen molar-refractivity contribution in [2.24, 2.45) is 0 Å². The molecule has 1 amide bonds. The molecule has 0 aliphatic carbocycles. The molecule has 2 aromatic carbocycles. The van der Waals surface area contributed by atoms with Gasteiger partial charge in [-0.1, -0.05) is 41.4 Å². The zero-order valence-corrected chi connectivity index (χ0v) is 15.4. The number of carbonyl (C=O) groups is 1. The van der Waals surface area contributed by atoms with E-state index in [4.69, 9.17) is 16.3 Å². The summed E-state index contributed by atoms with van der Waals surface area (Å²) in [5.41, 5.74) is 2.05. The van der Waals surface area contributed by atoms with Crippen molar-refractivity contribution < 1.29 is 17.9 Å². The SMILES string of the molecule is COc1ccc(Cl)cc1S(=O)(=O)NCC(=O)NCc1ccc(C)cc1. The first-order chi connectivity index (χ1) is 11.8. The van der Waals surface area contributed by atoms with Crippen LogP contribution in [0.25, 0.3) is 0 Å². The summed E-state index contributed by atoms with van der Waals surface area (Å²) in [5.74, 6) is -0.290. The highest BCUT2D eigenvalue weighted by atomic mass is 35.5. The number of nitrogens with one attached hydrogen (secondary N) is 2. The second-order valence-electron chi connectivity index (χ2n) is 5.38. The predicted molar refractivity (Wildman–Crippen MR) is 96.2 cm³/mol. The number of amides is 1. The van der Waals surface area contributed by atoms with E-state index in [1.807, 2.05) is 31.2 Å².